The van der Waals surface area contributed by atoms with E-state index in [2.05, 4.69) is 13.8 Å². The summed E-state index contributed by atoms with van der Waals surface area (Å²) in [4.78, 5) is 0.0833. The zero-order valence-corrected chi connectivity index (χ0v) is 6.96. The van der Waals surface area contributed by atoms with Gasteiger partial charge in [-0.25, -0.2) is 0 Å². The molecule has 9 heavy (non-hydrogen) atoms. The van der Waals surface area contributed by atoms with Crippen LogP contribution in [0.5, 0.6) is 0 Å². The number of hydrogen-bond donors (Lipinski definition) is 0. The molecule has 0 saturated heterocycles. The van der Waals surface area contributed by atoms with Crippen molar-refractivity contribution in [3.8, 4) is 0 Å². The molecule has 0 nitrogen and oxygen atoms in total. The van der Waals surface area contributed by atoms with E-state index in [1.165, 1.54) is 25.2 Å². The lowest BCUT2D eigenvalue weighted by atomic mass is 9.95. The van der Waals surface area contributed by atoms with Crippen LogP contribution < -0.4 is 0 Å². The van der Waals surface area contributed by atoms with Gasteiger partial charge in [0.1, 0.15) is 0 Å². The highest BCUT2D eigenvalue weighted by atomic mass is 35.5. The van der Waals surface area contributed by atoms with Gasteiger partial charge in [0.25, 0.3) is 0 Å². The van der Waals surface area contributed by atoms with Crippen LogP contribution in [0.25, 0.3) is 0 Å². The lowest BCUT2D eigenvalue weighted by Gasteiger charge is -2.23. The molecule has 1 radical (unpaired) electrons. The van der Waals surface area contributed by atoms with E-state index in [-0.39, 0.29) is 4.87 Å². The van der Waals surface area contributed by atoms with Gasteiger partial charge in [-0.3, -0.25) is 0 Å². The van der Waals surface area contributed by atoms with Gasteiger partial charge in [0, 0.05) is 0 Å². The second-order valence-corrected chi connectivity index (χ2v) is 3.68. The average molecular weight is 146 g/mol. The minimum absolute atomic E-state index is 0.0833. The average Bonchev–Trinajstić information content (AvgIpc) is 2.15. The molecular weight excluding hydrogens is 132 g/mol. The van der Waals surface area contributed by atoms with E-state index < -0.39 is 0 Å². The monoisotopic (exact) mass is 145 g/mol. The Hall–Kier alpha value is 0.290. The maximum atomic E-state index is 6.27. The molecule has 1 fully saturated rings. The number of alkyl halides is 1. The third-order valence-corrected chi connectivity index (χ3v) is 3.23. The van der Waals surface area contributed by atoms with E-state index in [4.69, 9.17) is 11.6 Å². The predicted octanol–water partition coefficient (Wildman–Crippen LogP) is 3.15. The number of halogens is 1. The molecule has 1 unspecified atom stereocenters. The Morgan fingerprint density at radius 1 is 1.67 bits per heavy atom. The van der Waals surface area contributed by atoms with Crippen molar-refractivity contribution < 1.29 is 0 Å². The van der Waals surface area contributed by atoms with Crippen molar-refractivity contribution in [3.63, 3.8) is 0 Å². The molecular formula is C8H14Cl. The van der Waals surface area contributed by atoms with Crippen molar-refractivity contribution in [2.75, 3.05) is 0 Å². The maximum Gasteiger partial charge on any atom is 0.0503 e. The first-order valence-corrected chi connectivity index (χ1v) is 4.08. The van der Waals surface area contributed by atoms with E-state index in [1.807, 2.05) is 0 Å². The van der Waals surface area contributed by atoms with Crippen LogP contribution in [0.3, 0.4) is 0 Å². The van der Waals surface area contributed by atoms with Gasteiger partial charge in [0.2, 0.25) is 0 Å². The van der Waals surface area contributed by atoms with Crippen LogP contribution in [0.4, 0.5) is 0 Å². The smallest absolute Gasteiger partial charge is 0.0503 e. The van der Waals surface area contributed by atoms with Gasteiger partial charge < -0.3 is 0 Å². The summed E-state index contributed by atoms with van der Waals surface area (Å²) in [5, 5.41) is 0. The van der Waals surface area contributed by atoms with E-state index in [0.717, 1.165) is 6.42 Å². The first-order chi connectivity index (χ1) is 4.19. The highest BCUT2D eigenvalue weighted by Gasteiger charge is 2.36. The first-order valence-electron chi connectivity index (χ1n) is 3.71. The zero-order chi connectivity index (χ0) is 6.91. The number of rotatable bonds is 1. The minimum Gasteiger partial charge on any atom is -0.119 e. The summed E-state index contributed by atoms with van der Waals surface area (Å²) in [5.74, 6) is 1.49. The van der Waals surface area contributed by atoms with Crippen LogP contribution in [0.1, 0.15) is 39.5 Å². The van der Waals surface area contributed by atoms with E-state index in [9.17, 15) is 0 Å². The predicted molar refractivity (Wildman–Crippen MR) is 41.6 cm³/mol. The van der Waals surface area contributed by atoms with Crippen molar-refractivity contribution in [2.24, 2.45) is 0 Å². The van der Waals surface area contributed by atoms with Gasteiger partial charge in [-0.1, -0.05) is 20.3 Å². The Kier molecular flexibility index (Phi) is 2.05. The molecule has 53 valence electrons. The molecule has 0 amide bonds. The molecule has 0 aromatic carbocycles. The van der Waals surface area contributed by atoms with Crippen LogP contribution in [0.2, 0.25) is 0 Å². The van der Waals surface area contributed by atoms with Crippen molar-refractivity contribution in [3.05, 3.63) is 5.92 Å². The van der Waals surface area contributed by atoms with Crippen molar-refractivity contribution in [1.29, 1.82) is 0 Å². The third kappa shape index (κ3) is 1.24. The molecule has 0 aromatic rings. The summed E-state index contributed by atoms with van der Waals surface area (Å²) < 4.78 is 0. The molecule has 1 rings (SSSR count). The molecule has 1 aliphatic carbocycles. The summed E-state index contributed by atoms with van der Waals surface area (Å²) in [7, 11) is 0. The molecule has 0 aliphatic heterocycles. The molecule has 0 bridgehead atoms. The van der Waals surface area contributed by atoms with Crippen LogP contribution in [-0.2, 0) is 0 Å². The summed E-state index contributed by atoms with van der Waals surface area (Å²) in [5.41, 5.74) is 0. The standard InChI is InChI=1S/C8H14Cl/c1-3-8(9)6-4-5-7(8)2/h3-6H2,1-2H3. The molecule has 1 heteroatoms. The van der Waals surface area contributed by atoms with Crippen LogP contribution in [0.15, 0.2) is 0 Å². The van der Waals surface area contributed by atoms with Crippen LogP contribution in [-0.4, -0.2) is 4.87 Å². The summed E-state index contributed by atoms with van der Waals surface area (Å²) >= 11 is 6.27. The van der Waals surface area contributed by atoms with Gasteiger partial charge in [0.05, 0.1) is 4.87 Å². The third-order valence-electron chi connectivity index (χ3n) is 2.45. The van der Waals surface area contributed by atoms with Crippen LogP contribution >= 0.6 is 11.6 Å². The quantitative estimate of drug-likeness (QED) is 0.498. The van der Waals surface area contributed by atoms with E-state index >= 15 is 0 Å². The SMILES string of the molecule is CCC1(Cl)CCC[C]1C. The van der Waals surface area contributed by atoms with E-state index in [0.29, 0.717) is 0 Å². The Morgan fingerprint density at radius 3 is 2.56 bits per heavy atom. The van der Waals surface area contributed by atoms with Crippen molar-refractivity contribution in [1.82, 2.24) is 0 Å². The summed E-state index contributed by atoms with van der Waals surface area (Å²) in [6, 6.07) is 0. The minimum atomic E-state index is 0.0833. The first kappa shape index (κ1) is 7.40. The van der Waals surface area contributed by atoms with Crippen molar-refractivity contribution >= 4 is 11.6 Å². The fourth-order valence-electron chi connectivity index (χ4n) is 1.55. The summed E-state index contributed by atoms with van der Waals surface area (Å²) in [6.07, 6.45) is 4.83. The van der Waals surface area contributed by atoms with Gasteiger partial charge >= 0.3 is 0 Å². The van der Waals surface area contributed by atoms with Gasteiger partial charge in [-0.2, -0.15) is 0 Å². The van der Waals surface area contributed by atoms with Crippen LogP contribution in [0, 0.1) is 5.92 Å². The normalized spacial score (nSPS) is 37.7. The fourth-order valence-corrected chi connectivity index (χ4v) is 1.78. The maximum absolute atomic E-state index is 6.27. The molecule has 0 N–H and O–H groups in total. The molecule has 1 atom stereocenters. The molecule has 1 saturated carbocycles. The van der Waals surface area contributed by atoms with Gasteiger partial charge in [-0.15, -0.1) is 11.6 Å². The summed E-state index contributed by atoms with van der Waals surface area (Å²) in [6.45, 7) is 4.35. The second kappa shape index (κ2) is 2.49. The van der Waals surface area contributed by atoms with Crippen molar-refractivity contribution in [2.45, 2.75) is 44.4 Å². The second-order valence-electron chi connectivity index (χ2n) is 2.95. The zero-order valence-electron chi connectivity index (χ0n) is 6.21. The topological polar surface area (TPSA) is 0 Å². The lowest BCUT2D eigenvalue weighted by Crippen LogP contribution is -2.20. The Labute approximate surface area is 62.6 Å². The lowest BCUT2D eigenvalue weighted by molar-refractivity contribution is 0.603. The Morgan fingerprint density at radius 2 is 2.33 bits per heavy atom. The molecule has 1 aliphatic rings. The van der Waals surface area contributed by atoms with Gasteiger partial charge in [-0.05, 0) is 25.2 Å². The number of hydrogen-bond acceptors (Lipinski definition) is 0. The van der Waals surface area contributed by atoms with E-state index in [1.54, 1.807) is 0 Å². The highest BCUT2D eigenvalue weighted by molar-refractivity contribution is 6.25. The Bertz CT molecular complexity index is 101. The molecule has 0 aromatic heterocycles. The fraction of sp³-hybridized carbons (Fsp3) is 0.875. The largest absolute Gasteiger partial charge is 0.119 e. The molecule has 0 spiro atoms. The molecule has 0 heterocycles. The Balaban J connectivity index is 2.56. The highest BCUT2D eigenvalue weighted by Crippen LogP contribution is 2.44. The van der Waals surface area contributed by atoms with Gasteiger partial charge in [0.15, 0.2) is 0 Å².